The van der Waals surface area contributed by atoms with Gasteiger partial charge >= 0.3 is 5.97 Å². The summed E-state index contributed by atoms with van der Waals surface area (Å²) in [6.07, 6.45) is 6.68. The Morgan fingerprint density at radius 2 is 2.04 bits per heavy atom. The molecule has 1 aliphatic heterocycles. The van der Waals surface area contributed by atoms with E-state index in [4.69, 9.17) is 4.74 Å². The molecule has 0 radical (unpaired) electrons. The third kappa shape index (κ3) is 3.93. The Morgan fingerprint density at radius 3 is 2.74 bits per heavy atom. The highest BCUT2D eigenvalue weighted by molar-refractivity contribution is 14.1. The third-order valence-corrected chi connectivity index (χ3v) is 7.59. The maximum Gasteiger partial charge on any atom is 0.348 e. The monoisotopic (exact) mass is 447 g/mol. The summed E-state index contributed by atoms with van der Waals surface area (Å²) in [7, 11) is 1.48. The fourth-order valence-corrected chi connectivity index (χ4v) is 6.27. The van der Waals surface area contributed by atoms with Crippen LogP contribution in [0.5, 0.6) is 0 Å². The molecular formula is C18H26INO2S. The Balaban J connectivity index is 1.85. The number of nitrogens with one attached hydrogen (secondary N) is 1. The molecule has 3 nitrogen and oxygen atoms in total. The molecule has 3 rings (SSSR count). The lowest BCUT2D eigenvalue weighted by atomic mass is 9.68. The largest absolute Gasteiger partial charge is 0.465 e. The quantitative estimate of drug-likeness (QED) is 0.541. The molecule has 5 heteroatoms. The van der Waals surface area contributed by atoms with Crippen LogP contribution in [0.3, 0.4) is 0 Å². The lowest BCUT2D eigenvalue weighted by Gasteiger charge is -2.40. The van der Waals surface area contributed by atoms with Crippen LogP contribution >= 0.6 is 33.9 Å². The van der Waals surface area contributed by atoms with Gasteiger partial charge in [-0.05, 0) is 77.8 Å². The van der Waals surface area contributed by atoms with Gasteiger partial charge in [-0.1, -0.05) is 19.8 Å². The molecule has 23 heavy (non-hydrogen) atoms. The molecular weight excluding hydrogens is 421 g/mol. The standard InChI is InChI=1S/C18H26INO2S/c1-11-3-5-12(6-4-11)13-7-8-20-10-15(13)14-9-16(19)23-17(14)18(21)22-2/h9,11-13,15,20H,3-8,10H2,1-2H3. The van der Waals surface area contributed by atoms with Crippen molar-refractivity contribution in [1.82, 2.24) is 5.32 Å². The van der Waals surface area contributed by atoms with Crippen LogP contribution < -0.4 is 5.32 Å². The van der Waals surface area contributed by atoms with Gasteiger partial charge in [-0.2, -0.15) is 0 Å². The number of hydrogen-bond acceptors (Lipinski definition) is 4. The number of ether oxygens (including phenoxy) is 1. The summed E-state index contributed by atoms with van der Waals surface area (Å²) in [5.74, 6) is 2.70. The van der Waals surface area contributed by atoms with Gasteiger partial charge in [0.1, 0.15) is 4.88 Å². The number of thiophene rings is 1. The van der Waals surface area contributed by atoms with Crippen molar-refractivity contribution in [3.05, 3.63) is 19.4 Å². The molecule has 2 unspecified atom stereocenters. The number of piperidine rings is 1. The van der Waals surface area contributed by atoms with Crippen LogP contribution in [-0.4, -0.2) is 26.2 Å². The molecule has 0 aromatic carbocycles. The number of hydrogen-bond donors (Lipinski definition) is 1. The summed E-state index contributed by atoms with van der Waals surface area (Å²) < 4.78 is 6.20. The molecule has 2 heterocycles. The minimum Gasteiger partial charge on any atom is -0.465 e. The molecule has 1 saturated carbocycles. The second-order valence-electron chi connectivity index (χ2n) is 7.11. The van der Waals surface area contributed by atoms with Gasteiger partial charge in [0.2, 0.25) is 0 Å². The van der Waals surface area contributed by atoms with Crippen LogP contribution in [0.15, 0.2) is 6.07 Å². The van der Waals surface area contributed by atoms with Gasteiger partial charge in [0, 0.05) is 12.5 Å². The molecule has 0 amide bonds. The molecule has 1 N–H and O–H groups in total. The Morgan fingerprint density at radius 1 is 1.30 bits per heavy atom. The summed E-state index contributed by atoms with van der Waals surface area (Å²) in [6.45, 7) is 4.49. The first-order chi connectivity index (χ1) is 11.1. The summed E-state index contributed by atoms with van der Waals surface area (Å²) in [6, 6.07) is 2.22. The van der Waals surface area contributed by atoms with Gasteiger partial charge in [0.05, 0.1) is 9.99 Å². The molecule has 2 fully saturated rings. The van der Waals surface area contributed by atoms with E-state index in [1.165, 1.54) is 47.7 Å². The fraction of sp³-hybridized carbons (Fsp3) is 0.722. The van der Waals surface area contributed by atoms with E-state index in [9.17, 15) is 4.79 Å². The van der Waals surface area contributed by atoms with Gasteiger partial charge in [0.25, 0.3) is 0 Å². The highest BCUT2D eigenvalue weighted by Gasteiger charge is 2.36. The minimum atomic E-state index is -0.172. The first-order valence-electron chi connectivity index (χ1n) is 8.68. The summed E-state index contributed by atoms with van der Waals surface area (Å²) in [5, 5.41) is 3.55. The van der Waals surface area contributed by atoms with Crippen LogP contribution in [0.2, 0.25) is 0 Å². The minimum absolute atomic E-state index is 0.172. The van der Waals surface area contributed by atoms with Crippen molar-refractivity contribution in [2.24, 2.45) is 17.8 Å². The number of rotatable bonds is 3. The van der Waals surface area contributed by atoms with Crippen molar-refractivity contribution in [2.45, 2.75) is 44.9 Å². The zero-order valence-electron chi connectivity index (χ0n) is 13.9. The van der Waals surface area contributed by atoms with Gasteiger partial charge in [-0.25, -0.2) is 4.79 Å². The molecule has 1 aliphatic carbocycles. The van der Waals surface area contributed by atoms with Crippen molar-refractivity contribution in [3.63, 3.8) is 0 Å². The number of carbonyl (C=O) groups is 1. The van der Waals surface area contributed by atoms with Crippen molar-refractivity contribution in [1.29, 1.82) is 0 Å². The van der Waals surface area contributed by atoms with E-state index in [0.717, 1.165) is 29.8 Å². The van der Waals surface area contributed by atoms with E-state index in [0.29, 0.717) is 11.8 Å². The van der Waals surface area contributed by atoms with E-state index in [1.807, 2.05) is 0 Å². The van der Waals surface area contributed by atoms with Crippen LogP contribution in [0.4, 0.5) is 0 Å². The predicted octanol–water partition coefficient (Wildman–Crippen LogP) is 4.66. The fourth-order valence-electron chi connectivity index (χ4n) is 4.40. The molecule has 1 aromatic heterocycles. The maximum absolute atomic E-state index is 12.2. The SMILES string of the molecule is COC(=O)c1sc(I)cc1C1CNCCC1C1CCC(C)CC1. The number of methoxy groups -OCH3 is 1. The van der Waals surface area contributed by atoms with Gasteiger partial charge < -0.3 is 10.1 Å². The van der Waals surface area contributed by atoms with Crippen molar-refractivity contribution >= 4 is 39.9 Å². The average molecular weight is 447 g/mol. The molecule has 2 aliphatic rings. The van der Waals surface area contributed by atoms with Gasteiger partial charge in [0.15, 0.2) is 0 Å². The summed E-state index contributed by atoms with van der Waals surface area (Å²) in [5.41, 5.74) is 1.22. The van der Waals surface area contributed by atoms with Crippen molar-refractivity contribution in [3.8, 4) is 0 Å². The van der Waals surface area contributed by atoms with Crippen molar-refractivity contribution < 1.29 is 9.53 Å². The Hall–Kier alpha value is -0.140. The molecule has 128 valence electrons. The van der Waals surface area contributed by atoms with Gasteiger partial charge in [-0.3, -0.25) is 0 Å². The third-order valence-electron chi connectivity index (χ3n) is 5.70. The van der Waals surface area contributed by atoms with Crippen molar-refractivity contribution in [2.75, 3.05) is 20.2 Å². The second kappa shape index (κ2) is 7.83. The number of esters is 1. The average Bonchev–Trinajstić information content (AvgIpc) is 2.96. The lowest BCUT2D eigenvalue weighted by Crippen LogP contribution is -2.39. The predicted molar refractivity (Wildman–Crippen MR) is 103 cm³/mol. The highest BCUT2D eigenvalue weighted by atomic mass is 127. The van der Waals surface area contributed by atoms with E-state index >= 15 is 0 Å². The van der Waals surface area contributed by atoms with E-state index in [1.54, 1.807) is 11.3 Å². The molecule has 1 saturated heterocycles. The zero-order valence-corrected chi connectivity index (χ0v) is 16.9. The Bertz CT molecular complexity index is 551. The maximum atomic E-state index is 12.2. The van der Waals surface area contributed by atoms with Crippen LogP contribution in [0.25, 0.3) is 0 Å². The number of carbonyl (C=O) groups excluding carboxylic acids is 1. The van der Waals surface area contributed by atoms with Crippen LogP contribution in [0.1, 0.15) is 60.2 Å². The topological polar surface area (TPSA) is 38.3 Å². The van der Waals surface area contributed by atoms with Gasteiger partial charge in [-0.15, -0.1) is 11.3 Å². The summed E-state index contributed by atoms with van der Waals surface area (Å²) in [4.78, 5) is 13.0. The normalized spacial score (nSPS) is 31.8. The Labute approximate surface area is 156 Å². The first-order valence-corrected chi connectivity index (χ1v) is 10.6. The number of halogens is 1. The second-order valence-corrected chi connectivity index (χ2v) is 10.1. The molecule has 1 aromatic rings. The highest BCUT2D eigenvalue weighted by Crippen LogP contribution is 2.44. The molecule has 0 spiro atoms. The van der Waals surface area contributed by atoms with Crippen LogP contribution in [-0.2, 0) is 4.74 Å². The van der Waals surface area contributed by atoms with Crippen LogP contribution in [0, 0.1) is 20.6 Å². The van der Waals surface area contributed by atoms with E-state index in [-0.39, 0.29) is 5.97 Å². The smallest absolute Gasteiger partial charge is 0.348 e. The van der Waals surface area contributed by atoms with E-state index in [2.05, 4.69) is 40.9 Å². The summed E-state index contributed by atoms with van der Waals surface area (Å²) >= 11 is 3.90. The first kappa shape index (κ1) is 17.7. The zero-order chi connectivity index (χ0) is 16.4. The Kier molecular flexibility index (Phi) is 6.02. The lowest BCUT2D eigenvalue weighted by molar-refractivity contribution is 0.0603. The molecule has 2 atom stereocenters. The molecule has 0 bridgehead atoms. The van der Waals surface area contributed by atoms with E-state index < -0.39 is 0 Å².